The summed E-state index contributed by atoms with van der Waals surface area (Å²) in [5.41, 5.74) is 11.7. The third-order valence-electron chi connectivity index (χ3n) is 11.1. The third kappa shape index (κ3) is 12.6. The third-order valence-corrected chi connectivity index (χ3v) is 11.1. The molecule has 0 radical (unpaired) electrons. The topological polar surface area (TPSA) is 135 Å². The van der Waals surface area contributed by atoms with Gasteiger partial charge in [-0.05, 0) is 70.9 Å². The quantitative estimate of drug-likeness (QED) is 0.0856. The fourth-order valence-electron chi connectivity index (χ4n) is 8.13. The lowest BCUT2D eigenvalue weighted by atomic mass is 9.82. The van der Waals surface area contributed by atoms with Crippen LogP contribution in [0.1, 0.15) is 88.0 Å². The van der Waals surface area contributed by atoms with Crippen molar-refractivity contribution >= 4 is 29.9 Å². The molecule has 1 fully saturated rings. The van der Waals surface area contributed by atoms with Crippen LogP contribution in [0.25, 0.3) is 17.2 Å². The Morgan fingerprint density at radius 2 is 1.41 bits per heavy atom. The minimum atomic E-state index is -1.09. The molecule has 4 amide bonds. The number of benzene rings is 4. The van der Waals surface area contributed by atoms with Crippen LogP contribution in [0, 0.1) is 23.7 Å². The van der Waals surface area contributed by atoms with E-state index in [0.29, 0.717) is 19.4 Å². The fourth-order valence-corrected chi connectivity index (χ4v) is 8.13. The van der Waals surface area contributed by atoms with Crippen LogP contribution in [-0.2, 0) is 35.1 Å². The molecule has 0 saturated carbocycles. The Morgan fingerprint density at radius 3 is 2.03 bits per heavy atom. The summed E-state index contributed by atoms with van der Waals surface area (Å²) in [6.45, 7) is 8.65. The summed E-state index contributed by atoms with van der Waals surface area (Å²) >= 11 is 0. The van der Waals surface area contributed by atoms with Crippen molar-refractivity contribution in [1.29, 1.82) is 0 Å². The van der Waals surface area contributed by atoms with Gasteiger partial charge in [-0.2, -0.15) is 0 Å². The van der Waals surface area contributed by atoms with Gasteiger partial charge >= 0.3 is 6.09 Å². The summed E-state index contributed by atoms with van der Waals surface area (Å²) in [6, 6.07) is 34.2. The maximum atomic E-state index is 14.7. The molecule has 11 nitrogen and oxygen atoms in total. The number of hydrogen-bond acceptors (Lipinski definition) is 7. The van der Waals surface area contributed by atoms with Crippen molar-refractivity contribution in [2.75, 3.05) is 19.8 Å². The Kier molecular flexibility index (Phi) is 16.3. The molecule has 322 valence electrons. The van der Waals surface area contributed by atoms with E-state index >= 15 is 0 Å². The number of nitrogens with zero attached hydrogens (tertiary/aromatic N) is 1. The number of fused-ring (bicyclic) bond motifs is 3. The standard InChI is InChI=1S/C50H60N4O7/c1-34(2)30-43(42(27-17-22-36-18-7-5-8-19-36)48(56)53-61-46-28-15-16-29-59-46)47(55)52-54(32-35(3)4)49(57)45(31-37-20-9-6-10-21-37)51-50(58)60-33-44-40-25-13-11-23-38(40)39-24-12-14-26-41(39)44/h5-14,17-26,34-35,42-46H,15-16,27-33H2,1-4H3,(H,51,58)(H,52,55)(H,53,56)/t42-,43+,45+,46?/m0/s1. The lowest BCUT2D eigenvalue weighted by Crippen LogP contribution is -2.58. The first-order valence-electron chi connectivity index (χ1n) is 21.6. The average Bonchev–Trinajstić information content (AvgIpc) is 3.59. The molecule has 4 aromatic rings. The normalized spacial score (nSPS) is 16.3. The van der Waals surface area contributed by atoms with Crippen LogP contribution in [0.3, 0.4) is 0 Å². The smallest absolute Gasteiger partial charge is 0.407 e. The Bertz CT molecular complexity index is 2040. The number of alkyl carbamates (subject to hydrolysis) is 1. The molecule has 1 heterocycles. The Hall–Kier alpha value is -5.78. The molecule has 1 saturated heterocycles. The summed E-state index contributed by atoms with van der Waals surface area (Å²) < 4.78 is 11.6. The maximum Gasteiger partial charge on any atom is 0.407 e. The van der Waals surface area contributed by atoms with Crippen LogP contribution in [0.2, 0.25) is 0 Å². The number of rotatable bonds is 18. The van der Waals surface area contributed by atoms with Gasteiger partial charge in [0.1, 0.15) is 12.6 Å². The van der Waals surface area contributed by atoms with Crippen molar-refractivity contribution in [3.05, 3.63) is 138 Å². The number of carbonyl (C=O) groups excluding carboxylic acids is 4. The van der Waals surface area contributed by atoms with Gasteiger partial charge in [-0.1, -0.05) is 149 Å². The molecule has 11 heteroatoms. The number of allylic oxidation sites excluding steroid dienone is 1. The molecule has 0 bridgehead atoms. The molecule has 1 unspecified atom stereocenters. The number of ether oxygens (including phenoxy) is 2. The van der Waals surface area contributed by atoms with Gasteiger partial charge in [0.2, 0.25) is 11.8 Å². The van der Waals surface area contributed by atoms with Crippen molar-refractivity contribution < 1.29 is 33.5 Å². The highest BCUT2D eigenvalue weighted by Gasteiger charge is 2.37. The molecule has 6 rings (SSSR count). The first kappa shape index (κ1) is 44.8. The Morgan fingerprint density at radius 1 is 0.770 bits per heavy atom. The largest absolute Gasteiger partial charge is 0.449 e. The van der Waals surface area contributed by atoms with Gasteiger partial charge in [0, 0.05) is 31.9 Å². The predicted octanol–water partition coefficient (Wildman–Crippen LogP) is 8.61. The van der Waals surface area contributed by atoms with Crippen molar-refractivity contribution in [3.8, 4) is 11.1 Å². The number of hydrogen-bond donors (Lipinski definition) is 3. The highest BCUT2D eigenvalue weighted by atomic mass is 16.8. The maximum absolute atomic E-state index is 14.7. The lowest BCUT2D eigenvalue weighted by Gasteiger charge is -2.33. The second-order valence-corrected chi connectivity index (χ2v) is 16.8. The van der Waals surface area contributed by atoms with E-state index < -0.39 is 48.0 Å². The summed E-state index contributed by atoms with van der Waals surface area (Å²) in [5.74, 6) is -3.33. The van der Waals surface area contributed by atoms with E-state index in [1.165, 1.54) is 5.01 Å². The summed E-state index contributed by atoms with van der Waals surface area (Å²) in [7, 11) is 0. The molecule has 4 atom stereocenters. The van der Waals surface area contributed by atoms with Crippen LogP contribution in [0.15, 0.2) is 115 Å². The number of nitrogens with one attached hydrogen (secondary N) is 3. The van der Waals surface area contributed by atoms with Crippen molar-refractivity contribution in [2.45, 2.75) is 84.5 Å². The van der Waals surface area contributed by atoms with E-state index in [0.717, 1.165) is 46.2 Å². The molecule has 2 aliphatic rings. The van der Waals surface area contributed by atoms with Gasteiger partial charge in [0.15, 0.2) is 6.29 Å². The predicted molar refractivity (Wildman–Crippen MR) is 236 cm³/mol. The van der Waals surface area contributed by atoms with E-state index in [-0.39, 0.29) is 43.7 Å². The van der Waals surface area contributed by atoms with Crippen LogP contribution in [0.4, 0.5) is 4.79 Å². The number of hydroxylamine groups is 1. The van der Waals surface area contributed by atoms with Gasteiger partial charge in [-0.15, -0.1) is 0 Å². The number of hydrazine groups is 1. The summed E-state index contributed by atoms with van der Waals surface area (Å²) in [5, 5.41) is 4.14. The number of carbonyl (C=O) groups is 4. The molecular weight excluding hydrogens is 769 g/mol. The molecule has 3 N–H and O–H groups in total. The molecule has 4 aromatic carbocycles. The first-order chi connectivity index (χ1) is 29.6. The van der Waals surface area contributed by atoms with Gasteiger partial charge in [0.25, 0.3) is 5.91 Å². The Balaban J connectivity index is 1.22. The van der Waals surface area contributed by atoms with E-state index in [9.17, 15) is 19.2 Å². The lowest BCUT2D eigenvalue weighted by molar-refractivity contribution is -0.203. The fraction of sp³-hybridized carbons (Fsp3) is 0.400. The highest BCUT2D eigenvalue weighted by molar-refractivity contribution is 5.91. The minimum Gasteiger partial charge on any atom is -0.449 e. The molecule has 1 aliphatic carbocycles. The summed E-state index contributed by atoms with van der Waals surface area (Å²) in [4.78, 5) is 62.8. The van der Waals surface area contributed by atoms with E-state index in [1.807, 2.05) is 137 Å². The highest BCUT2D eigenvalue weighted by Crippen LogP contribution is 2.44. The van der Waals surface area contributed by atoms with E-state index in [2.05, 4.69) is 28.4 Å². The first-order valence-corrected chi connectivity index (χ1v) is 21.6. The SMILES string of the molecule is CC(C)C[C@@H](C(=O)NN(CC(C)C)C(=O)[C@@H](Cc1ccccc1)NC(=O)OCC1c2ccccc2-c2ccccc21)[C@H](CC=Cc1ccccc1)C(=O)NOC1CCCCO1. The second kappa shape index (κ2) is 22.2. The van der Waals surface area contributed by atoms with Crippen LogP contribution < -0.4 is 16.2 Å². The van der Waals surface area contributed by atoms with Crippen LogP contribution in [0.5, 0.6) is 0 Å². The van der Waals surface area contributed by atoms with Gasteiger partial charge in [0.05, 0.1) is 11.8 Å². The molecular formula is C50H60N4O7. The number of amides is 4. The zero-order valence-electron chi connectivity index (χ0n) is 35.8. The zero-order valence-corrected chi connectivity index (χ0v) is 35.8. The summed E-state index contributed by atoms with van der Waals surface area (Å²) in [6.07, 6.45) is 5.75. The molecule has 61 heavy (non-hydrogen) atoms. The van der Waals surface area contributed by atoms with Crippen molar-refractivity contribution in [2.24, 2.45) is 23.7 Å². The van der Waals surface area contributed by atoms with Gasteiger partial charge < -0.3 is 14.8 Å². The van der Waals surface area contributed by atoms with Gasteiger partial charge in [-0.25, -0.2) is 15.1 Å². The zero-order chi connectivity index (χ0) is 43.1. The van der Waals surface area contributed by atoms with E-state index in [4.69, 9.17) is 14.3 Å². The average molecular weight is 829 g/mol. The van der Waals surface area contributed by atoms with E-state index in [1.54, 1.807) is 0 Å². The monoisotopic (exact) mass is 828 g/mol. The van der Waals surface area contributed by atoms with Crippen LogP contribution >= 0.6 is 0 Å². The minimum absolute atomic E-state index is 0.0297. The van der Waals surface area contributed by atoms with Crippen molar-refractivity contribution in [3.63, 3.8) is 0 Å². The second-order valence-electron chi connectivity index (χ2n) is 16.8. The van der Waals surface area contributed by atoms with Crippen LogP contribution in [-0.4, -0.2) is 60.9 Å². The Labute approximate surface area is 360 Å². The van der Waals surface area contributed by atoms with Crippen molar-refractivity contribution in [1.82, 2.24) is 21.2 Å². The molecule has 0 aromatic heterocycles. The molecule has 0 spiro atoms. The van der Waals surface area contributed by atoms with Gasteiger partial charge in [-0.3, -0.25) is 24.8 Å². The molecule has 1 aliphatic heterocycles.